The van der Waals surface area contributed by atoms with Crippen LogP contribution in [0.1, 0.15) is 24.5 Å². The van der Waals surface area contributed by atoms with Crippen LogP contribution in [-0.4, -0.2) is 46.7 Å². The van der Waals surface area contributed by atoms with Crippen LogP contribution in [0.3, 0.4) is 0 Å². The van der Waals surface area contributed by atoms with Crippen LogP contribution >= 0.6 is 12.4 Å². The Morgan fingerprint density at radius 1 is 1.38 bits per heavy atom. The molecular weight excluding hydrogens is 352 g/mol. The molecule has 26 heavy (non-hydrogen) atoms. The van der Waals surface area contributed by atoms with E-state index in [9.17, 15) is 5.11 Å². The number of nitrogens with zero attached hydrogens (tertiary/aromatic N) is 2. The minimum absolute atomic E-state index is 0. The van der Waals surface area contributed by atoms with Crippen molar-refractivity contribution in [1.82, 2.24) is 9.88 Å². The monoisotopic (exact) mass is 378 g/mol. The molecule has 4 heterocycles. The molecule has 1 aromatic carbocycles. The van der Waals surface area contributed by atoms with Crippen molar-refractivity contribution in [2.24, 2.45) is 11.8 Å². The van der Waals surface area contributed by atoms with Crippen LogP contribution in [0.2, 0.25) is 0 Å². The van der Waals surface area contributed by atoms with Crippen LogP contribution in [0.15, 0.2) is 43.1 Å². The highest BCUT2D eigenvalue weighted by Crippen LogP contribution is 2.42. The first kappa shape index (κ1) is 20.6. The van der Waals surface area contributed by atoms with Gasteiger partial charge < -0.3 is 15.3 Å². The number of hydrogen-bond acceptors (Lipinski definition) is 4. The van der Waals surface area contributed by atoms with Crippen molar-refractivity contribution in [2.45, 2.75) is 25.0 Å². The van der Waals surface area contributed by atoms with Gasteiger partial charge in [0.1, 0.15) is 5.75 Å². The van der Waals surface area contributed by atoms with E-state index < -0.39 is 6.10 Å². The number of piperidine rings is 3. The van der Waals surface area contributed by atoms with E-state index in [1.165, 1.54) is 6.42 Å². The molecule has 6 heteroatoms. The summed E-state index contributed by atoms with van der Waals surface area (Å²) in [6.07, 6.45) is 5.62. The van der Waals surface area contributed by atoms with Crippen molar-refractivity contribution in [1.29, 1.82) is 0 Å². The number of ether oxygens (including phenoxy) is 1. The molecule has 0 spiro atoms. The van der Waals surface area contributed by atoms with E-state index in [0.717, 1.165) is 41.7 Å². The first-order valence-corrected chi connectivity index (χ1v) is 8.68. The molecule has 5 rings (SSSR count). The number of rotatable bonds is 4. The number of hydrogen-bond donors (Lipinski definition) is 1. The second-order valence-corrected chi connectivity index (χ2v) is 6.97. The number of aliphatic hydroxyl groups is 1. The highest BCUT2D eigenvalue weighted by atomic mass is 35.5. The van der Waals surface area contributed by atoms with Crippen LogP contribution in [0.25, 0.3) is 10.9 Å². The molecule has 1 aromatic heterocycles. The van der Waals surface area contributed by atoms with Gasteiger partial charge in [-0.1, -0.05) is 6.08 Å². The van der Waals surface area contributed by atoms with E-state index in [2.05, 4.69) is 22.5 Å². The average Bonchev–Trinajstić information content (AvgIpc) is 2.66. The summed E-state index contributed by atoms with van der Waals surface area (Å²) >= 11 is 0. The zero-order valence-corrected chi connectivity index (χ0v) is 15.8. The summed E-state index contributed by atoms with van der Waals surface area (Å²) in [6, 6.07) is 7.96. The molecule has 3 saturated heterocycles. The predicted octanol–water partition coefficient (Wildman–Crippen LogP) is 2.77. The molecule has 5 atom stereocenters. The lowest BCUT2D eigenvalue weighted by atomic mass is 9.73. The fourth-order valence-corrected chi connectivity index (χ4v) is 4.44. The molecular formula is C20H27ClN2O3. The molecule has 3 aliphatic heterocycles. The van der Waals surface area contributed by atoms with Crippen LogP contribution in [0.5, 0.6) is 5.75 Å². The van der Waals surface area contributed by atoms with Crippen molar-refractivity contribution in [3.63, 3.8) is 0 Å². The maximum Gasteiger partial charge on any atom is 0.119 e. The Labute approximate surface area is 160 Å². The largest absolute Gasteiger partial charge is 0.497 e. The minimum atomic E-state index is -0.504. The molecule has 2 aromatic rings. The van der Waals surface area contributed by atoms with Gasteiger partial charge in [-0.2, -0.15) is 0 Å². The number of benzene rings is 1. The lowest BCUT2D eigenvalue weighted by molar-refractivity contribution is -0.0444. The molecule has 0 amide bonds. The lowest BCUT2D eigenvalue weighted by Gasteiger charge is -2.50. The summed E-state index contributed by atoms with van der Waals surface area (Å²) in [6.45, 7) is 6.07. The van der Waals surface area contributed by atoms with E-state index in [-0.39, 0.29) is 23.9 Å². The van der Waals surface area contributed by atoms with Gasteiger partial charge in [0.15, 0.2) is 0 Å². The third kappa shape index (κ3) is 3.45. The molecule has 3 aliphatic rings. The topological polar surface area (TPSA) is 77.1 Å². The summed E-state index contributed by atoms with van der Waals surface area (Å²) in [5.74, 6) is 2.01. The van der Waals surface area contributed by atoms with Crippen molar-refractivity contribution >= 4 is 23.3 Å². The summed E-state index contributed by atoms with van der Waals surface area (Å²) in [5.41, 5.74) is 1.85. The SMILES string of the molecule is C=C[C@H]1CN2CCC1C[C@@H]2[C@@H](O)c1ccnc2ccc(OC)cc12.Cl.O. The van der Waals surface area contributed by atoms with Gasteiger partial charge in [-0.05, 0) is 61.1 Å². The molecule has 142 valence electrons. The Morgan fingerprint density at radius 3 is 2.85 bits per heavy atom. The van der Waals surface area contributed by atoms with E-state index in [1.807, 2.05) is 24.3 Å². The van der Waals surface area contributed by atoms with Gasteiger partial charge in [-0.15, -0.1) is 19.0 Å². The first-order valence-electron chi connectivity index (χ1n) is 8.68. The Balaban J connectivity index is 0.00000121. The fourth-order valence-electron chi connectivity index (χ4n) is 4.44. The van der Waals surface area contributed by atoms with Gasteiger partial charge in [0, 0.05) is 24.2 Å². The Hall–Kier alpha value is -1.66. The molecule has 0 radical (unpaired) electrons. The zero-order chi connectivity index (χ0) is 16.7. The number of halogens is 1. The second kappa shape index (κ2) is 8.35. The quantitative estimate of drug-likeness (QED) is 0.830. The predicted molar refractivity (Wildman–Crippen MR) is 106 cm³/mol. The van der Waals surface area contributed by atoms with Crippen LogP contribution in [0, 0.1) is 11.8 Å². The Kier molecular flexibility index (Phi) is 6.64. The molecule has 5 nitrogen and oxygen atoms in total. The molecule has 3 fully saturated rings. The van der Waals surface area contributed by atoms with Gasteiger partial charge >= 0.3 is 0 Å². The van der Waals surface area contributed by atoms with Crippen molar-refractivity contribution in [3.05, 3.63) is 48.7 Å². The number of aromatic nitrogens is 1. The summed E-state index contributed by atoms with van der Waals surface area (Å²) in [4.78, 5) is 6.86. The standard InChI is InChI=1S/C20H24N2O2.ClH.H2O/c1-3-13-12-22-9-7-14(13)10-19(22)20(23)16-6-8-21-18-5-4-15(24-2)11-17(16)18;;/h3-6,8,11,13-14,19-20,23H,1,7,9-10,12H2,2H3;1H;1H2/t13-,14?,19+,20-;;/m0../s1. The van der Waals surface area contributed by atoms with Crippen molar-refractivity contribution in [3.8, 4) is 5.75 Å². The van der Waals surface area contributed by atoms with Gasteiger partial charge in [-0.3, -0.25) is 9.88 Å². The van der Waals surface area contributed by atoms with Crippen molar-refractivity contribution in [2.75, 3.05) is 20.2 Å². The van der Waals surface area contributed by atoms with E-state index in [0.29, 0.717) is 11.8 Å². The fraction of sp³-hybridized carbons (Fsp3) is 0.450. The van der Waals surface area contributed by atoms with E-state index >= 15 is 0 Å². The smallest absolute Gasteiger partial charge is 0.119 e. The normalized spacial score (nSPS) is 27.9. The van der Waals surface area contributed by atoms with E-state index in [4.69, 9.17) is 4.74 Å². The third-order valence-corrected chi connectivity index (χ3v) is 5.82. The van der Waals surface area contributed by atoms with Crippen LogP contribution in [-0.2, 0) is 0 Å². The molecule has 0 aliphatic carbocycles. The van der Waals surface area contributed by atoms with Crippen molar-refractivity contribution < 1.29 is 15.3 Å². The first-order chi connectivity index (χ1) is 11.7. The van der Waals surface area contributed by atoms with Gasteiger partial charge in [0.2, 0.25) is 0 Å². The van der Waals surface area contributed by atoms with Crippen LogP contribution < -0.4 is 4.74 Å². The minimum Gasteiger partial charge on any atom is -0.497 e. The zero-order valence-electron chi connectivity index (χ0n) is 15.0. The summed E-state index contributed by atoms with van der Waals surface area (Å²) in [7, 11) is 1.66. The third-order valence-electron chi connectivity index (χ3n) is 5.82. The number of fused-ring (bicyclic) bond motifs is 4. The molecule has 3 N–H and O–H groups in total. The Morgan fingerprint density at radius 2 is 2.19 bits per heavy atom. The molecule has 2 unspecified atom stereocenters. The average molecular weight is 379 g/mol. The molecule has 2 bridgehead atoms. The number of aliphatic hydroxyl groups excluding tert-OH is 1. The number of pyridine rings is 1. The second-order valence-electron chi connectivity index (χ2n) is 6.97. The Bertz CT molecular complexity index is 770. The van der Waals surface area contributed by atoms with Gasteiger partial charge in [0.25, 0.3) is 0 Å². The van der Waals surface area contributed by atoms with Crippen LogP contribution in [0.4, 0.5) is 0 Å². The van der Waals surface area contributed by atoms with Gasteiger partial charge in [-0.25, -0.2) is 0 Å². The maximum atomic E-state index is 11.2. The summed E-state index contributed by atoms with van der Waals surface area (Å²) in [5, 5.41) is 12.1. The van der Waals surface area contributed by atoms with Gasteiger partial charge in [0.05, 0.1) is 18.7 Å². The lowest BCUT2D eigenvalue weighted by Crippen LogP contribution is -2.54. The maximum absolute atomic E-state index is 11.2. The highest BCUT2D eigenvalue weighted by molar-refractivity contribution is 5.85. The molecule has 0 saturated carbocycles. The summed E-state index contributed by atoms with van der Waals surface area (Å²) < 4.78 is 5.35. The number of methoxy groups -OCH3 is 1. The van der Waals surface area contributed by atoms with E-state index in [1.54, 1.807) is 13.3 Å². The highest BCUT2D eigenvalue weighted by Gasteiger charge is 2.42.